The molecule has 0 aliphatic heterocycles. The number of aromatic nitrogens is 4. The Labute approximate surface area is 143 Å². The molecule has 3 N–H and O–H groups in total. The first-order valence-corrected chi connectivity index (χ1v) is 7.69. The van der Waals surface area contributed by atoms with Gasteiger partial charge >= 0.3 is 11.2 Å². The van der Waals surface area contributed by atoms with Gasteiger partial charge in [0.15, 0.2) is 17.0 Å². The first-order valence-electron chi connectivity index (χ1n) is 7.69. The van der Waals surface area contributed by atoms with Gasteiger partial charge in [-0.2, -0.15) is 9.35 Å². The molecule has 2 aromatic heterocycles. The van der Waals surface area contributed by atoms with Gasteiger partial charge in [0.05, 0.1) is 0 Å². The van der Waals surface area contributed by atoms with Gasteiger partial charge in [-0.05, 0) is 11.6 Å². The Morgan fingerprint density at radius 1 is 0.880 bits per heavy atom. The highest BCUT2D eigenvalue weighted by Gasteiger charge is 2.19. The Morgan fingerprint density at radius 2 is 1.52 bits per heavy atom. The Hall–Kier alpha value is -3.49. The Kier molecular flexibility index (Phi) is 4.29. The maximum Gasteiger partial charge on any atom is 0.370 e. The SMILES string of the molecule is CNn1c(=O)c2c(nc(C=Cc3ccccc3)n2NC)n(NC)c1=O. The van der Waals surface area contributed by atoms with Gasteiger partial charge in [-0.25, -0.2) is 14.5 Å². The molecule has 0 saturated carbocycles. The van der Waals surface area contributed by atoms with Crippen LogP contribution in [-0.2, 0) is 0 Å². The summed E-state index contributed by atoms with van der Waals surface area (Å²) in [5.41, 5.74) is 8.73. The highest BCUT2D eigenvalue weighted by Crippen LogP contribution is 2.12. The average molecular weight is 341 g/mol. The summed E-state index contributed by atoms with van der Waals surface area (Å²) in [4.78, 5) is 29.5. The van der Waals surface area contributed by atoms with E-state index < -0.39 is 11.2 Å². The average Bonchev–Trinajstić information content (AvgIpc) is 3.00. The zero-order valence-corrected chi connectivity index (χ0v) is 14.1. The molecule has 0 saturated heterocycles. The third-order valence-corrected chi connectivity index (χ3v) is 3.78. The first-order chi connectivity index (χ1) is 12.1. The van der Waals surface area contributed by atoms with Crippen LogP contribution < -0.4 is 27.5 Å². The second kappa shape index (κ2) is 6.56. The molecule has 0 fully saturated rings. The molecule has 0 unspecified atom stereocenters. The van der Waals surface area contributed by atoms with Crippen LogP contribution in [0.2, 0.25) is 0 Å². The smallest absolute Gasteiger partial charge is 0.327 e. The van der Waals surface area contributed by atoms with Crippen molar-refractivity contribution in [2.45, 2.75) is 0 Å². The highest BCUT2D eigenvalue weighted by atomic mass is 16.2. The van der Waals surface area contributed by atoms with Crippen LogP contribution in [0.15, 0.2) is 39.9 Å². The summed E-state index contributed by atoms with van der Waals surface area (Å²) in [6.45, 7) is 0. The van der Waals surface area contributed by atoms with Crippen molar-refractivity contribution in [2.75, 3.05) is 37.4 Å². The van der Waals surface area contributed by atoms with Crippen LogP contribution in [-0.4, -0.2) is 40.2 Å². The molecule has 2 heterocycles. The van der Waals surface area contributed by atoms with E-state index in [1.165, 1.54) is 16.4 Å². The molecule has 3 aromatic rings. The van der Waals surface area contributed by atoms with Gasteiger partial charge in [0, 0.05) is 21.1 Å². The summed E-state index contributed by atoms with van der Waals surface area (Å²) in [6, 6.07) is 9.72. The maximum atomic E-state index is 12.7. The molecule has 1 aromatic carbocycles. The Bertz CT molecular complexity index is 1040. The van der Waals surface area contributed by atoms with E-state index in [0.717, 1.165) is 10.2 Å². The lowest BCUT2D eigenvalue weighted by Crippen LogP contribution is -2.46. The molecule has 9 nitrogen and oxygen atoms in total. The fraction of sp³-hybridized carbons (Fsp3) is 0.188. The molecule has 130 valence electrons. The normalized spacial score (nSPS) is 11.2. The molecule has 0 aliphatic rings. The molecule has 9 heteroatoms. The minimum Gasteiger partial charge on any atom is -0.327 e. The number of hydrogen-bond acceptors (Lipinski definition) is 6. The second-order valence-electron chi connectivity index (χ2n) is 5.15. The molecule has 0 spiro atoms. The largest absolute Gasteiger partial charge is 0.370 e. The molecule has 0 bridgehead atoms. The van der Waals surface area contributed by atoms with Crippen molar-refractivity contribution < 1.29 is 0 Å². The monoisotopic (exact) mass is 341 g/mol. The highest BCUT2D eigenvalue weighted by molar-refractivity contribution is 5.77. The lowest BCUT2D eigenvalue weighted by atomic mass is 10.2. The van der Waals surface area contributed by atoms with Crippen molar-refractivity contribution in [1.29, 1.82) is 0 Å². The van der Waals surface area contributed by atoms with Gasteiger partial charge in [0.1, 0.15) is 0 Å². The zero-order valence-electron chi connectivity index (χ0n) is 14.1. The molecule has 25 heavy (non-hydrogen) atoms. The van der Waals surface area contributed by atoms with E-state index in [1.54, 1.807) is 20.2 Å². The van der Waals surface area contributed by atoms with Crippen molar-refractivity contribution in [1.82, 2.24) is 19.0 Å². The van der Waals surface area contributed by atoms with E-state index in [0.29, 0.717) is 5.82 Å². The topological polar surface area (TPSA) is 97.9 Å². The quantitative estimate of drug-likeness (QED) is 0.607. The van der Waals surface area contributed by atoms with E-state index >= 15 is 0 Å². The number of benzene rings is 1. The van der Waals surface area contributed by atoms with Crippen LogP contribution in [0.3, 0.4) is 0 Å². The van der Waals surface area contributed by atoms with Crippen molar-refractivity contribution >= 4 is 23.3 Å². The molecular weight excluding hydrogens is 322 g/mol. The van der Waals surface area contributed by atoms with Gasteiger partial charge in [-0.1, -0.05) is 36.4 Å². The fourth-order valence-corrected chi connectivity index (χ4v) is 2.63. The van der Waals surface area contributed by atoms with Gasteiger partial charge < -0.3 is 16.3 Å². The number of nitrogens with one attached hydrogen (secondary N) is 3. The molecule has 0 aliphatic carbocycles. The van der Waals surface area contributed by atoms with E-state index in [2.05, 4.69) is 21.3 Å². The summed E-state index contributed by atoms with van der Waals surface area (Å²) in [6.07, 6.45) is 3.66. The van der Waals surface area contributed by atoms with E-state index in [-0.39, 0.29) is 11.2 Å². The van der Waals surface area contributed by atoms with Crippen LogP contribution in [0, 0.1) is 0 Å². The van der Waals surface area contributed by atoms with Gasteiger partial charge in [0.25, 0.3) is 0 Å². The predicted molar refractivity (Wildman–Crippen MR) is 99.5 cm³/mol. The van der Waals surface area contributed by atoms with Crippen LogP contribution in [0.4, 0.5) is 0 Å². The Morgan fingerprint density at radius 3 is 2.12 bits per heavy atom. The molecule has 0 amide bonds. The van der Waals surface area contributed by atoms with E-state index in [9.17, 15) is 9.59 Å². The zero-order chi connectivity index (χ0) is 18.0. The molecule has 3 rings (SSSR count). The van der Waals surface area contributed by atoms with Crippen LogP contribution in [0.5, 0.6) is 0 Å². The van der Waals surface area contributed by atoms with E-state index in [4.69, 9.17) is 0 Å². The minimum absolute atomic E-state index is 0.242. The number of imidazole rings is 1. The predicted octanol–water partition coefficient (Wildman–Crippen LogP) is 0.0500. The standard InChI is InChI=1S/C16H19N7O2/c1-17-21-12(10-9-11-7-5-4-6-8-11)20-14-13(21)15(24)23(19-3)16(25)22(14)18-2/h4-10,17-19H,1-3H3. The van der Waals surface area contributed by atoms with Crippen molar-refractivity contribution in [3.05, 3.63) is 62.6 Å². The van der Waals surface area contributed by atoms with E-state index in [1.807, 2.05) is 36.4 Å². The molecule has 0 radical (unpaired) electrons. The molecule has 0 atom stereocenters. The number of nitrogens with zero attached hydrogens (tertiary/aromatic N) is 4. The lowest BCUT2D eigenvalue weighted by molar-refractivity contribution is 0.723. The second-order valence-corrected chi connectivity index (χ2v) is 5.15. The van der Waals surface area contributed by atoms with Crippen LogP contribution >= 0.6 is 0 Å². The summed E-state index contributed by atoms with van der Waals surface area (Å²) < 4.78 is 3.66. The van der Waals surface area contributed by atoms with Crippen molar-refractivity contribution in [2.24, 2.45) is 0 Å². The minimum atomic E-state index is -0.554. The number of rotatable bonds is 5. The van der Waals surface area contributed by atoms with Crippen molar-refractivity contribution in [3.63, 3.8) is 0 Å². The Balaban J connectivity index is 2.28. The number of fused-ring (bicyclic) bond motifs is 1. The van der Waals surface area contributed by atoms with Gasteiger partial charge in [-0.15, -0.1) is 0 Å². The maximum absolute atomic E-state index is 12.7. The summed E-state index contributed by atoms with van der Waals surface area (Å²) in [5.74, 6) is 0.496. The summed E-state index contributed by atoms with van der Waals surface area (Å²) in [7, 11) is 4.77. The fourth-order valence-electron chi connectivity index (χ4n) is 2.63. The van der Waals surface area contributed by atoms with Crippen molar-refractivity contribution in [3.8, 4) is 0 Å². The third kappa shape index (κ3) is 2.65. The lowest BCUT2D eigenvalue weighted by Gasteiger charge is -2.10. The van der Waals surface area contributed by atoms with Crippen LogP contribution in [0.25, 0.3) is 23.3 Å². The number of hydrogen-bond donors (Lipinski definition) is 3. The van der Waals surface area contributed by atoms with Crippen LogP contribution in [0.1, 0.15) is 11.4 Å². The third-order valence-electron chi connectivity index (χ3n) is 3.78. The summed E-state index contributed by atoms with van der Waals surface area (Å²) in [5, 5.41) is 0. The van der Waals surface area contributed by atoms with Gasteiger partial charge in [-0.3, -0.25) is 4.79 Å². The first kappa shape index (κ1) is 16.4. The van der Waals surface area contributed by atoms with Gasteiger partial charge in [0.2, 0.25) is 0 Å². The molecular formula is C16H19N7O2. The summed E-state index contributed by atoms with van der Waals surface area (Å²) >= 11 is 0.